The fourth-order valence-corrected chi connectivity index (χ4v) is 6.39. The number of fused-ring (bicyclic) bond motifs is 1. The molecule has 2 aliphatic rings. The van der Waals surface area contributed by atoms with E-state index in [1.165, 1.54) is 4.90 Å². The Morgan fingerprint density at radius 2 is 1.51 bits per heavy atom. The Morgan fingerprint density at radius 3 is 2.00 bits per heavy atom. The van der Waals surface area contributed by atoms with Crippen LogP contribution in [0.15, 0.2) is 60.7 Å². The molecular weight excluding hydrogens is 468 g/mol. The average Bonchev–Trinajstić information content (AvgIpc) is 2.99. The summed E-state index contributed by atoms with van der Waals surface area (Å²) >= 11 is 0. The van der Waals surface area contributed by atoms with Crippen LogP contribution in [-0.2, 0) is 29.9 Å². The smallest absolute Gasteiger partial charge is 0.408 e. The minimum absolute atomic E-state index is 0.488. The largest absolute Gasteiger partial charge is 0.451 e. The van der Waals surface area contributed by atoms with Crippen LogP contribution in [0.25, 0.3) is 0 Å². The van der Waals surface area contributed by atoms with Gasteiger partial charge in [-0.1, -0.05) is 60.7 Å². The summed E-state index contributed by atoms with van der Waals surface area (Å²) < 4.78 is 23.5. The van der Waals surface area contributed by atoms with Crippen molar-refractivity contribution < 1.29 is 28.1 Å². The third kappa shape index (κ3) is 4.69. The maximum atomic E-state index is 13.6. The molecule has 2 aliphatic heterocycles. The fraction of sp³-hybridized carbons (Fsp3) is 0.423. The van der Waals surface area contributed by atoms with Crippen molar-refractivity contribution >= 4 is 28.8 Å². The van der Waals surface area contributed by atoms with Crippen molar-refractivity contribution in [3.63, 3.8) is 0 Å². The molecule has 0 spiro atoms. The third-order valence-corrected chi connectivity index (χ3v) is 8.29. The number of carbonyl (C=O) groups excluding carboxylic acids is 3. The van der Waals surface area contributed by atoms with Crippen LogP contribution in [0.3, 0.4) is 0 Å². The molecule has 9 heteroatoms. The van der Waals surface area contributed by atoms with Crippen LogP contribution in [0, 0.1) is 0 Å². The van der Waals surface area contributed by atoms with Gasteiger partial charge in [-0.3, -0.25) is 9.00 Å². The first-order valence-electron chi connectivity index (χ1n) is 11.4. The van der Waals surface area contributed by atoms with Gasteiger partial charge in [-0.15, -0.1) is 0 Å². The van der Waals surface area contributed by atoms with E-state index in [-0.39, 0.29) is 0 Å². The van der Waals surface area contributed by atoms with Crippen LogP contribution in [0.4, 0.5) is 4.79 Å². The summed E-state index contributed by atoms with van der Waals surface area (Å²) in [6.45, 7) is 8.47. The van der Waals surface area contributed by atoms with Gasteiger partial charge in [0.2, 0.25) is 5.91 Å². The molecule has 2 heterocycles. The molecule has 2 aromatic rings. The molecule has 2 saturated heterocycles. The summed E-state index contributed by atoms with van der Waals surface area (Å²) in [5, 5.41) is 1.68. The second kappa shape index (κ2) is 9.11. The number of amides is 2. The maximum Gasteiger partial charge on any atom is 0.408 e. The van der Waals surface area contributed by atoms with Crippen molar-refractivity contribution in [2.75, 3.05) is 0 Å². The van der Waals surface area contributed by atoms with Crippen molar-refractivity contribution in [2.45, 2.75) is 68.5 Å². The Labute approximate surface area is 207 Å². The highest BCUT2D eigenvalue weighted by atomic mass is 32.2. The molecule has 1 unspecified atom stereocenters. The fourth-order valence-electron chi connectivity index (χ4n) is 4.47. The first-order chi connectivity index (χ1) is 16.4. The number of carbonyl (C=O) groups is 3. The summed E-state index contributed by atoms with van der Waals surface area (Å²) in [5.74, 6) is -1.13. The van der Waals surface area contributed by atoms with Gasteiger partial charge in [0.25, 0.3) is 0 Å². The molecule has 0 aromatic heterocycles. The van der Waals surface area contributed by atoms with Gasteiger partial charge in [-0.2, -0.15) is 0 Å². The number of ether oxygens (including phenoxy) is 2. The highest BCUT2D eigenvalue weighted by Gasteiger charge is 2.68. The topological polar surface area (TPSA) is 102 Å². The second-order valence-electron chi connectivity index (χ2n) is 10.2. The van der Waals surface area contributed by atoms with E-state index in [2.05, 4.69) is 5.32 Å². The molecule has 2 amide bonds. The Bertz CT molecular complexity index is 1110. The predicted octanol–water partition coefficient (Wildman–Crippen LogP) is 3.29. The molecule has 0 saturated carbocycles. The molecule has 0 bridgehead atoms. The van der Waals surface area contributed by atoms with E-state index < -0.39 is 62.7 Å². The summed E-state index contributed by atoms with van der Waals surface area (Å²) in [6.07, 6.45) is -1.47. The predicted molar refractivity (Wildman–Crippen MR) is 131 cm³/mol. The van der Waals surface area contributed by atoms with Crippen LogP contribution in [-0.4, -0.2) is 54.9 Å². The Balaban J connectivity index is 1.58. The van der Waals surface area contributed by atoms with Gasteiger partial charge < -0.3 is 19.7 Å². The molecule has 1 N–H and O–H groups in total. The first-order valence-corrected chi connectivity index (χ1v) is 12.7. The zero-order valence-electron chi connectivity index (χ0n) is 20.4. The van der Waals surface area contributed by atoms with E-state index in [4.69, 9.17) is 9.47 Å². The molecule has 0 radical (unpaired) electrons. The van der Waals surface area contributed by atoms with E-state index in [1.807, 2.05) is 60.7 Å². The van der Waals surface area contributed by atoms with Crippen LogP contribution in [0.5, 0.6) is 0 Å². The Hall–Kier alpha value is -3.20. The molecular formula is C26H30N2O6S. The quantitative estimate of drug-likeness (QED) is 0.501. The van der Waals surface area contributed by atoms with Gasteiger partial charge in [-0.05, 0) is 45.7 Å². The molecule has 4 atom stereocenters. The van der Waals surface area contributed by atoms with E-state index >= 15 is 0 Å². The lowest BCUT2D eigenvalue weighted by Gasteiger charge is -2.43. The molecule has 0 aliphatic carbocycles. The number of benzene rings is 2. The van der Waals surface area contributed by atoms with E-state index in [9.17, 15) is 18.6 Å². The molecule has 35 heavy (non-hydrogen) atoms. The van der Waals surface area contributed by atoms with Gasteiger partial charge in [0.15, 0.2) is 6.10 Å². The standard InChI is InChI=1S/C26H30N2O6S/c1-25(2,3)34-24(31)27-18-21(29)28-20(26(4,5)35(32)22(18)28)23(30)33-19(16-12-8-6-9-13-16)17-14-10-7-11-15-17/h6-15,18-20,22H,1-5H3,(H,27,31)/t18-,20+,22-,35?/m1/s1. The Kier molecular flexibility index (Phi) is 6.48. The SMILES string of the molecule is CC(C)(C)OC(=O)N[C@@H]1C(=O)N2[C@@H]1S(=O)C(C)(C)[C@@H]2C(=O)OC(c1ccccc1)c1ccccc1. The van der Waals surface area contributed by atoms with Gasteiger partial charge in [-0.25, -0.2) is 9.59 Å². The van der Waals surface area contributed by atoms with Crippen LogP contribution < -0.4 is 5.32 Å². The minimum atomic E-state index is -1.63. The highest BCUT2D eigenvalue weighted by Crippen LogP contribution is 2.44. The number of nitrogens with one attached hydrogen (secondary N) is 1. The van der Waals surface area contributed by atoms with Crippen molar-refractivity contribution in [1.82, 2.24) is 10.2 Å². The molecule has 2 aromatic carbocycles. The van der Waals surface area contributed by atoms with Crippen molar-refractivity contribution in [3.05, 3.63) is 71.8 Å². The minimum Gasteiger partial charge on any atom is -0.451 e. The van der Waals surface area contributed by atoms with Crippen LogP contribution >= 0.6 is 0 Å². The second-order valence-corrected chi connectivity index (χ2v) is 12.3. The zero-order chi connectivity index (χ0) is 25.5. The monoisotopic (exact) mass is 498 g/mol. The van der Waals surface area contributed by atoms with Gasteiger partial charge in [0.05, 0.1) is 15.5 Å². The molecule has 186 valence electrons. The van der Waals surface area contributed by atoms with Crippen molar-refractivity contribution in [3.8, 4) is 0 Å². The third-order valence-electron chi connectivity index (χ3n) is 6.09. The molecule has 2 fully saturated rings. The number of rotatable bonds is 5. The normalized spacial score (nSPS) is 25.0. The number of esters is 1. The van der Waals surface area contributed by atoms with Gasteiger partial charge in [0, 0.05) is 0 Å². The Morgan fingerprint density at radius 1 is 1.00 bits per heavy atom. The number of hydrogen-bond donors (Lipinski definition) is 1. The van der Waals surface area contributed by atoms with E-state index in [1.54, 1.807) is 34.6 Å². The number of alkyl carbamates (subject to hydrolysis) is 1. The van der Waals surface area contributed by atoms with E-state index in [0.29, 0.717) is 0 Å². The first kappa shape index (κ1) is 24.9. The lowest BCUT2D eigenvalue weighted by Crippen LogP contribution is -2.71. The van der Waals surface area contributed by atoms with Gasteiger partial charge >= 0.3 is 12.1 Å². The lowest BCUT2D eigenvalue weighted by atomic mass is 9.95. The van der Waals surface area contributed by atoms with Gasteiger partial charge in [0.1, 0.15) is 23.1 Å². The maximum absolute atomic E-state index is 13.6. The van der Waals surface area contributed by atoms with Crippen LogP contribution in [0.2, 0.25) is 0 Å². The number of hydrogen-bond acceptors (Lipinski definition) is 6. The lowest BCUT2D eigenvalue weighted by molar-refractivity contribution is -0.166. The summed E-state index contributed by atoms with van der Waals surface area (Å²) in [4.78, 5) is 40.1. The summed E-state index contributed by atoms with van der Waals surface area (Å²) in [7, 11) is -1.63. The highest BCUT2D eigenvalue weighted by molar-refractivity contribution is 7.87. The molecule has 4 rings (SSSR count). The van der Waals surface area contributed by atoms with Crippen molar-refractivity contribution in [1.29, 1.82) is 0 Å². The summed E-state index contributed by atoms with van der Waals surface area (Å²) in [5.41, 5.74) is 0.806. The number of β-lactam (4-membered cyclic amide) rings is 1. The molecule has 8 nitrogen and oxygen atoms in total. The van der Waals surface area contributed by atoms with Crippen LogP contribution in [0.1, 0.15) is 51.8 Å². The zero-order valence-corrected chi connectivity index (χ0v) is 21.2. The van der Waals surface area contributed by atoms with Crippen molar-refractivity contribution in [2.24, 2.45) is 0 Å². The summed E-state index contributed by atoms with van der Waals surface area (Å²) in [6, 6.07) is 16.5. The average molecular weight is 499 g/mol. The van der Waals surface area contributed by atoms with E-state index in [0.717, 1.165) is 11.1 Å². The number of nitrogens with zero attached hydrogens (tertiary/aromatic N) is 1.